The van der Waals surface area contributed by atoms with Crippen LogP contribution in [0.4, 0.5) is 0 Å². The molecule has 0 amide bonds. The molecule has 0 aromatic carbocycles. The predicted molar refractivity (Wildman–Crippen MR) is 65.8 cm³/mol. The van der Waals surface area contributed by atoms with Crippen LogP contribution in [0, 0.1) is 11.3 Å². The third-order valence-corrected chi connectivity index (χ3v) is 3.49. The van der Waals surface area contributed by atoms with Crippen LogP contribution in [-0.4, -0.2) is 11.2 Å². The zero-order valence-electron chi connectivity index (χ0n) is 10.7. The van der Waals surface area contributed by atoms with E-state index in [1.165, 1.54) is 12.8 Å². The molecule has 0 heterocycles. The van der Waals surface area contributed by atoms with Gasteiger partial charge in [0.15, 0.2) is 0 Å². The van der Waals surface area contributed by atoms with E-state index in [0.29, 0.717) is 11.3 Å². The van der Waals surface area contributed by atoms with Crippen LogP contribution in [0.5, 0.6) is 0 Å². The van der Waals surface area contributed by atoms with Crippen molar-refractivity contribution in [2.45, 2.75) is 65.9 Å². The lowest BCUT2D eigenvalue weighted by Crippen LogP contribution is -2.25. The number of hydrogen-bond donors (Lipinski definition) is 1. The maximum atomic E-state index is 9.50. The van der Waals surface area contributed by atoms with E-state index in [1.54, 1.807) is 5.57 Å². The quantitative estimate of drug-likeness (QED) is 0.700. The average molecular weight is 210 g/mol. The van der Waals surface area contributed by atoms with E-state index in [-0.39, 0.29) is 6.10 Å². The Hall–Kier alpha value is -0.300. The van der Waals surface area contributed by atoms with E-state index in [1.807, 2.05) is 0 Å². The first-order valence-electron chi connectivity index (χ1n) is 6.32. The highest BCUT2D eigenvalue weighted by atomic mass is 16.3. The molecule has 0 radical (unpaired) electrons. The number of hydrogen-bond acceptors (Lipinski definition) is 1. The van der Waals surface area contributed by atoms with E-state index in [2.05, 4.69) is 33.8 Å². The number of allylic oxidation sites excluding steroid dienone is 1. The first-order chi connectivity index (χ1) is 6.95. The number of aliphatic hydroxyl groups excluding tert-OH is 1. The summed E-state index contributed by atoms with van der Waals surface area (Å²) in [6.45, 7) is 9.26. The molecule has 0 fully saturated rings. The molecule has 0 saturated heterocycles. The standard InChI is InChI=1S/C14H26O/c1-5-6-13(14(2,3)4)11-7-9-12(15)10-8-11/h7,12-13,15H,5-6,8-10H2,1-4H3. The van der Waals surface area contributed by atoms with Crippen LogP contribution >= 0.6 is 0 Å². The van der Waals surface area contributed by atoms with Crippen LogP contribution in [0.25, 0.3) is 0 Å². The molecule has 1 aliphatic rings. The van der Waals surface area contributed by atoms with Crippen LogP contribution in [0.3, 0.4) is 0 Å². The molecule has 0 aromatic heterocycles. The molecule has 2 unspecified atom stereocenters. The molecule has 0 aliphatic heterocycles. The smallest absolute Gasteiger partial charge is 0.0577 e. The Bertz CT molecular complexity index is 222. The molecule has 15 heavy (non-hydrogen) atoms. The molecule has 88 valence electrons. The van der Waals surface area contributed by atoms with Crippen molar-refractivity contribution in [1.29, 1.82) is 0 Å². The molecule has 1 nitrogen and oxygen atoms in total. The van der Waals surface area contributed by atoms with Gasteiger partial charge < -0.3 is 5.11 Å². The van der Waals surface area contributed by atoms with Crippen molar-refractivity contribution in [3.05, 3.63) is 11.6 Å². The molecule has 1 rings (SSSR count). The van der Waals surface area contributed by atoms with Crippen LogP contribution in [-0.2, 0) is 0 Å². The van der Waals surface area contributed by atoms with Gasteiger partial charge in [-0.25, -0.2) is 0 Å². The summed E-state index contributed by atoms with van der Waals surface area (Å²) >= 11 is 0. The lowest BCUT2D eigenvalue weighted by Gasteiger charge is -2.35. The maximum Gasteiger partial charge on any atom is 0.0577 e. The topological polar surface area (TPSA) is 20.2 Å². The summed E-state index contributed by atoms with van der Waals surface area (Å²) in [5, 5.41) is 9.50. The molecule has 1 heteroatoms. The van der Waals surface area contributed by atoms with Crippen LogP contribution in [0.2, 0.25) is 0 Å². The molecule has 0 aromatic rings. The van der Waals surface area contributed by atoms with Crippen molar-refractivity contribution in [3.63, 3.8) is 0 Å². The van der Waals surface area contributed by atoms with Gasteiger partial charge in [0.1, 0.15) is 0 Å². The molecule has 1 N–H and O–H groups in total. The van der Waals surface area contributed by atoms with Gasteiger partial charge in [0.25, 0.3) is 0 Å². The number of aliphatic hydroxyl groups is 1. The lowest BCUT2D eigenvalue weighted by molar-refractivity contribution is 0.154. The first kappa shape index (κ1) is 12.8. The highest BCUT2D eigenvalue weighted by Crippen LogP contribution is 2.39. The third-order valence-electron chi connectivity index (χ3n) is 3.49. The van der Waals surface area contributed by atoms with Crippen molar-refractivity contribution < 1.29 is 5.11 Å². The van der Waals surface area contributed by atoms with Crippen molar-refractivity contribution in [2.75, 3.05) is 0 Å². The molecule has 0 saturated carbocycles. The fourth-order valence-corrected chi connectivity index (χ4v) is 2.62. The molecular formula is C14H26O. The minimum Gasteiger partial charge on any atom is -0.393 e. The second-order valence-corrected chi connectivity index (χ2v) is 5.91. The molecule has 2 atom stereocenters. The summed E-state index contributed by atoms with van der Waals surface area (Å²) in [7, 11) is 0. The Morgan fingerprint density at radius 1 is 1.47 bits per heavy atom. The Morgan fingerprint density at radius 3 is 2.53 bits per heavy atom. The van der Waals surface area contributed by atoms with Gasteiger partial charge in [-0.2, -0.15) is 0 Å². The molecule has 0 spiro atoms. The Balaban J connectivity index is 2.72. The predicted octanol–water partition coefficient (Wildman–Crippen LogP) is 3.92. The average Bonchev–Trinajstić information content (AvgIpc) is 2.14. The Morgan fingerprint density at radius 2 is 2.13 bits per heavy atom. The monoisotopic (exact) mass is 210 g/mol. The highest BCUT2D eigenvalue weighted by Gasteiger charge is 2.28. The molecule has 0 bridgehead atoms. The van der Waals surface area contributed by atoms with Gasteiger partial charge in [-0.15, -0.1) is 0 Å². The van der Waals surface area contributed by atoms with E-state index < -0.39 is 0 Å². The van der Waals surface area contributed by atoms with Gasteiger partial charge in [0.05, 0.1) is 6.10 Å². The van der Waals surface area contributed by atoms with Crippen molar-refractivity contribution in [3.8, 4) is 0 Å². The summed E-state index contributed by atoms with van der Waals surface area (Å²) in [6, 6.07) is 0. The zero-order chi connectivity index (χ0) is 11.5. The van der Waals surface area contributed by atoms with Gasteiger partial charge in [-0.1, -0.05) is 45.8 Å². The van der Waals surface area contributed by atoms with Crippen molar-refractivity contribution in [1.82, 2.24) is 0 Å². The van der Waals surface area contributed by atoms with Crippen LogP contribution < -0.4 is 0 Å². The van der Waals surface area contributed by atoms with Crippen LogP contribution in [0.15, 0.2) is 11.6 Å². The van der Waals surface area contributed by atoms with Gasteiger partial charge in [-0.05, 0) is 37.0 Å². The number of rotatable bonds is 3. The third kappa shape index (κ3) is 3.64. The van der Waals surface area contributed by atoms with Gasteiger partial charge >= 0.3 is 0 Å². The summed E-state index contributed by atoms with van der Waals surface area (Å²) < 4.78 is 0. The summed E-state index contributed by atoms with van der Waals surface area (Å²) in [5.41, 5.74) is 1.96. The largest absolute Gasteiger partial charge is 0.393 e. The second-order valence-electron chi connectivity index (χ2n) is 5.91. The highest BCUT2D eigenvalue weighted by molar-refractivity contribution is 5.13. The molecule has 1 aliphatic carbocycles. The fourth-order valence-electron chi connectivity index (χ4n) is 2.62. The minimum absolute atomic E-state index is 0.0870. The summed E-state index contributed by atoms with van der Waals surface area (Å²) in [5.74, 6) is 0.704. The van der Waals surface area contributed by atoms with Crippen molar-refractivity contribution in [2.24, 2.45) is 11.3 Å². The molecular weight excluding hydrogens is 184 g/mol. The SMILES string of the molecule is CCCC(C1=CCC(O)CC1)C(C)(C)C. The minimum atomic E-state index is -0.0870. The van der Waals surface area contributed by atoms with Gasteiger partial charge in [0, 0.05) is 0 Å². The van der Waals surface area contributed by atoms with E-state index in [0.717, 1.165) is 19.3 Å². The van der Waals surface area contributed by atoms with E-state index in [9.17, 15) is 5.11 Å². The summed E-state index contributed by atoms with van der Waals surface area (Å²) in [4.78, 5) is 0. The van der Waals surface area contributed by atoms with Gasteiger partial charge in [-0.3, -0.25) is 0 Å². The fraction of sp³-hybridized carbons (Fsp3) is 0.857. The first-order valence-corrected chi connectivity index (χ1v) is 6.32. The zero-order valence-corrected chi connectivity index (χ0v) is 10.7. The van der Waals surface area contributed by atoms with Crippen molar-refractivity contribution >= 4 is 0 Å². The normalized spacial score (nSPS) is 24.9. The second kappa shape index (κ2) is 5.16. The summed E-state index contributed by atoms with van der Waals surface area (Å²) in [6.07, 6.45) is 7.67. The Kier molecular flexibility index (Phi) is 4.39. The lowest BCUT2D eigenvalue weighted by atomic mass is 9.71. The Labute approximate surface area is 94.6 Å². The van der Waals surface area contributed by atoms with Crippen LogP contribution in [0.1, 0.15) is 59.8 Å². The van der Waals surface area contributed by atoms with E-state index in [4.69, 9.17) is 0 Å². The van der Waals surface area contributed by atoms with E-state index >= 15 is 0 Å². The van der Waals surface area contributed by atoms with Gasteiger partial charge in [0.2, 0.25) is 0 Å². The maximum absolute atomic E-state index is 9.50.